The molecule has 3 aromatic rings. The lowest BCUT2D eigenvalue weighted by atomic mass is 9.91. The zero-order valence-corrected chi connectivity index (χ0v) is 18.2. The number of hydrogen-bond donors (Lipinski definition) is 1. The van der Waals surface area contributed by atoms with Crippen LogP contribution in [0.1, 0.15) is 36.1 Å². The number of aliphatic hydroxyl groups is 1. The van der Waals surface area contributed by atoms with Gasteiger partial charge in [-0.2, -0.15) is 0 Å². The number of ether oxygens (including phenoxy) is 3. The Hall–Kier alpha value is -2.17. The number of hydrogen-bond acceptors (Lipinski definition) is 6. The first-order valence-corrected chi connectivity index (χ1v) is 10.7. The molecule has 170 valence electrons. The molecule has 0 saturated carbocycles. The average Bonchev–Trinajstić information content (AvgIpc) is 3.28. The first-order valence-electron chi connectivity index (χ1n) is 10.3. The largest absolute Gasteiger partial charge is 0.486 e. The number of aryl methyl sites for hydroxylation is 1. The molecule has 1 N–H and O–H groups in total. The van der Waals surface area contributed by atoms with E-state index >= 15 is 0 Å². The summed E-state index contributed by atoms with van der Waals surface area (Å²) in [4.78, 5) is 8.54. The maximum absolute atomic E-state index is 14.3. The molecule has 2 aliphatic heterocycles. The van der Waals surface area contributed by atoms with E-state index in [1.165, 1.54) is 6.33 Å². The molecule has 0 spiro atoms. The van der Waals surface area contributed by atoms with Crippen molar-refractivity contribution in [1.29, 1.82) is 0 Å². The van der Waals surface area contributed by atoms with Gasteiger partial charge < -0.3 is 14.4 Å². The molecule has 1 saturated heterocycles. The van der Waals surface area contributed by atoms with Crippen LogP contribution in [0, 0.1) is 12.8 Å². The summed E-state index contributed by atoms with van der Waals surface area (Å²) in [5, 5.41) is 12.4. The lowest BCUT2D eigenvalue weighted by Gasteiger charge is -2.32. The van der Waals surface area contributed by atoms with E-state index in [9.17, 15) is 13.9 Å². The zero-order valence-electron chi connectivity index (χ0n) is 17.4. The van der Waals surface area contributed by atoms with Crippen LogP contribution in [0.2, 0.25) is 5.02 Å². The van der Waals surface area contributed by atoms with Crippen LogP contribution in [-0.4, -0.2) is 44.8 Å². The first kappa shape index (κ1) is 21.7. The number of fused-ring (bicyclic) bond motifs is 2. The van der Waals surface area contributed by atoms with Gasteiger partial charge in [0.05, 0.1) is 18.4 Å². The smallest absolute Gasteiger partial charge is 0.390 e. The molecular formula is C22H22ClF2N3O4. The highest BCUT2D eigenvalue weighted by molar-refractivity contribution is 6.30. The van der Waals surface area contributed by atoms with E-state index in [1.54, 1.807) is 35.9 Å². The minimum absolute atomic E-state index is 0.228. The molecule has 1 aromatic carbocycles. The van der Waals surface area contributed by atoms with Gasteiger partial charge in [0.25, 0.3) is 0 Å². The van der Waals surface area contributed by atoms with Crippen molar-refractivity contribution in [3.63, 3.8) is 0 Å². The fraction of sp³-hybridized carbons (Fsp3) is 0.455. The molecule has 1 fully saturated rings. The summed E-state index contributed by atoms with van der Waals surface area (Å²) in [6, 6.07) is 6.81. The second-order valence-corrected chi connectivity index (χ2v) is 8.64. The molecule has 32 heavy (non-hydrogen) atoms. The Labute approximate surface area is 187 Å². The molecule has 2 aliphatic rings. The van der Waals surface area contributed by atoms with Crippen LogP contribution >= 0.6 is 11.6 Å². The molecule has 5 rings (SSSR count). The minimum atomic E-state index is -3.82. The number of aromatic nitrogens is 3. The molecule has 5 atom stereocenters. The van der Waals surface area contributed by atoms with Gasteiger partial charge in [0.2, 0.25) is 0 Å². The van der Waals surface area contributed by atoms with Crippen molar-refractivity contribution in [3.8, 4) is 0 Å². The van der Waals surface area contributed by atoms with Crippen molar-refractivity contribution in [2.24, 2.45) is 5.92 Å². The topological polar surface area (TPSA) is 78.6 Å². The van der Waals surface area contributed by atoms with Crippen LogP contribution in [0.3, 0.4) is 0 Å². The monoisotopic (exact) mass is 465 g/mol. The molecule has 0 radical (unpaired) electrons. The Kier molecular flexibility index (Phi) is 5.42. The molecule has 0 aliphatic carbocycles. The van der Waals surface area contributed by atoms with Crippen molar-refractivity contribution < 1.29 is 28.1 Å². The maximum Gasteiger partial charge on any atom is 0.486 e. The predicted octanol–water partition coefficient (Wildman–Crippen LogP) is 4.17. The third kappa shape index (κ3) is 3.68. The van der Waals surface area contributed by atoms with E-state index < -0.39 is 36.8 Å². The molecule has 2 aromatic heterocycles. The third-order valence-electron chi connectivity index (χ3n) is 6.22. The van der Waals surface area contributed by atoms with Crippen LogP contribution < -0.4 is 0 Å². The van der Waals surface area contributed by atoms with Gasteiger partial charge in [-0.25, -0.2) is 9.97 Å². The average molecular weight is 466 g/mol. The van der Waals surface area contributed by atoms with E-state index in [0.717, 1.165) is 11.1 Å². The number of rotatable bonds is 2. The molecule has 0 bridgehead atoms. The highest BCUT2D eigenvalue weighted by atomic mass is 35.5. The zero-order chi connectivity index (χ0) is 22.6. The van der Waals surface area contributed by atoms with Gasteiger partial charge >= 0.3 is 6.29 Å². The van der Waals surface area contributed by atoms with E-state index in [4.69, 9.17) is 21.1 Å². The Morgan fingerprint density at radius 1 is 1.25 bits per heavy atom. The first-order chi connectivity index (χ1) is 15.2. The van der Waals surface area contributed by atoms with Gasteiger partial charge in [-0.15, -0.1) is 8.78 Å². The van der Waals surface area contributed by atoms with Crippen LogP contribution in [0.5, 0.6) is 0 Å². The van der Waals surface area contributed by atoms with E-state index in [-0.39, 0.29) is 13.0 Å². The summed E-state index contributed by atoms with van der Waals surface area (Å²) >= 11 is 6.12. The lowest BCUT2D eigenvalue weighted by molar-refractivity contribution is -0.417. The van der Waals surface area contributed by atoms with Gasteiger partial charge in [0.15, 0.2) is 0 Å². The third-order valence-corrected chi connectivity index (χ3v) is 6.45. The van der Waals surface area contributed by atoms with E-state index in [0.29, 0.717) is 21.8 Å². The van der Waals surface area contributed by atoms with Crippen LogP contribution in [0.4, 0.5) is 8.78 Å². The summed E-state index contributed by atoms with van der Waals surface area (Å²) in [6.07, 6.45) is -4.39. The maximum atomic E-state index is 14.3. The van der Waals surface area contributed by atoms with Gasteiger partial charge in [-0.1, -0.05) is 24.6 Å². The normalized spacial score (nSPS) is 30.1. The Balaban J connectivity index is 1.54. The van der Waals surface area contributed by atoms with Gasteiger partial charge in [0, 0.05) is 22.5 Å². The Morgan fingerprint density at radius 3 is 2.88 bits per heavy atom. The number of benzene rings is 1. The Bertz CT molecular complexity index is 1160. The van der Waals surface area contributed by atoms with Crippen molar-refractivity contribution in [2.75, 3.05) is 6.61 Å². The highest BCUT2D eigenvalue weighted by Gasteiger charge is 2.51. The molecule has 7 nitrogen and oxygen atoms in total. The van der Waals surface area contributed by atoms with Crippen molar-refractivity contribution in [1.82, 2.24) is 14.5 Å². The summed E-state index contributed by atoms with van der Waals surface area (Å²) in [6.45, 7) is 3.45. The standard InChI is InChI=1S/C22H22ClF2N3O4/c1-11-17(29)19(31-21(11)28-7-5-15-12(2)26-10-27-20(15)28)18-16-4-3-14(23)9-13(16)6-8-30-22(24,25)32-18/h3-5,7,9-11,17-19,21,29H,6,8H2,1-2H3/t11-,17+,18-,19+,21-/m1/s1. The number of halogens is 3. The SMILES string of the molecule is Cc1ncnc2c1ccn2[C@@H]1O[C@H]([C@@H]2OC(F)(F)OCCc3cc(Cl)ccc32)[C@@H](O)[C@H]1C. The Morgan fingerprint density at radius 2 is 2.06 bits per heavy atom. The lowest BCUT2D eigenvalue weighted by Crippen LogP contribution is -2.39. The minimum Gasteiger partial charge on any atom is -0.390 e. The summed E-state index contributed by atoms with van der Waals surface area (Å²) < 4.78 is 46.4. The number of alkyl halides is 2. The second kappa shape index (κ2) is 8.00. The molecule has 10 heteroatoms. The van der Waals surface area contributed by atoms with Gasteiger partial charge in [-0.3, -0.25) is 9.47 Å². The molecule has 0 amide bonds. The molecule has 0 unspecified atom stereocenters. The van der Waals surface area contributed by atoms with Crippen molar-refractivity contribution >= 4 is 22.6 Å². The van der Waals surface area contributed by atoms with Crippen molar-refractivity contribution in [2.45, 2.75) is 51.1 Å². The second-order valence-electron chi connectivity index (χ2n) is 8.20. The summed E-state index contributed by atoms with van der Waals surface area (Å²) in [7, 11) is 0. The summed E-state index contributed by atoms with van der Waals surface area (Å²) in [5.41, 5.74) is 2.65. The number of nitrogens with zero attached hydrogens (tertiary/aromatic N) is 3. The fourth-order valence-electron chi connectivity index (χ4n) is 4.54. The van der Waals surface area contributed by atoms with Crippen LogP contribution in [0.15, 0.2) is 36.8 Å². The van der Waals surface area contributed by atoms with E-state index in [2.05, 4.69) is 14.7 Å². The van der Waals surface area contributed by atoms with Gasteiger partial charge in [-0.05, 0) is 42.7 Å². The molecular weight excluding hydrogens is 444 g/mol. The summed E-state index contributed by atoms with van der Waals surface area (Å²) in [5.74, 6) is -0.426. The molecule has 4 heterocycles. The predicted molar refractivity (Wildman–Crippen MR) is 111 cm³/mol. The quantitative estimate of drug-likeness (QED) is 0.612. The van der Waals surface area contributed by atoms with Gasteiger partial charge in [0.1, 0.15) is 30.4 Å². The fourth-order valence-corrected chi connectivity index (χ4v) is 4.74. The van der Waals surface area contributed by atoms with Crippen molar-refractivity contribution in [3.05, 3.63) is 58.6 Å². The van der Waals surface area contributed by atoms with Crippen LogP contribution in [0.25, 0.3) is 11.0 Å². The van der Waals surface area contributed by atoms with Crippen LogP contribution in [-0.2, 0) is 20.6 Å². The highest BCUT2D eigenvalue weighted by Crippen LogP contribution is 2.45. The van der Waals surface area contributed by atoms with E-state index in [1.807, 2.05) is 13.0 Å². The number of aliphatic hydroxyl groups excluding tert-OH is 1.